The van der Waals surface area contributed by atoms with Gasteiger partial charge in [-0.05, 0) is 25.3 Å². The fourth-order valence-corrected chi connectivity index (χ4v) is 7.71. The SMILES string of the molecule is CCCCCCCCCCCCCCCCCC/C=C\OC[C@H](COP(=O)(O)OC1C(O)C(O)C(O)[C@@H](O)C1O)OC(=O)CCCCCCCCCCC. The van der Waals surface area contributed by atoms with Crippen LogP contribution in [0.1, 0.15) is 187 Å². The Morgan fingerprint density at radius 1 is 0.574 bits per heavy atom. The molecule has 1 aliphatic rings. The topological polar surface area (TPSA) is 192 Å². The molecule has 0 heterocycles. The Labute approximate surface area is 327 Å². The molecule has 0 bridgehead atoms. The Balaban J connectivity index is 2.40. The molecule has 1 fully saturated rings. The van der Waals surface area contributed by atoms with E-state index >= 15 is 0 Å². The van der Waals surface area contributed by atoms with Crippen molar-refractivity contribution in [3.8, 4) is 0 Å². The molecule has 1 saturated carbocycles. The van der Waals surface area contributed by atoms with Crippen molar-refractivity contribution in [2.75, 3.05) is 13.2 Å². The molecule has 0 amide bonds. The van der Waals surface area contributed by atoms with Gasteiger partial charge in [0, 0.05) is 6.42 Å². The Bertz CT molecular complexity index is 952. The van der Waals surface area contributed by atoms with Crippen LogP contribution < -0.4 is 0 Å². The van der Waals surface area contributed by atoms with Crippen molar-refractivity contribution in [2.45, 2.75) is 230 Å². The third-order valence-electron chi connectivity index (χ3n) is 10.2. The summed E-state index contributed by atoms with van der Waals surface area (Å²) < 4.78 is 33.8. The van der Waals surface area contributed by atoms with E-state index in [9.17, 15) is 39.8 Å². The number of phosphoric ester groups is 1. The fraction of sp³-hybridized carbons (Fsp3) is 0.927. The second-order valence-electron chi connectivity index (χ2n) is 15.3. The lowest BCUT2D eigenvalue weighted by Crippen LogP contribution is -2.64. The zero-order valence-corrected chi connectivity index (χ0v) is 34.7. The molecule has 8 atom stereocenters. The molecule has 1 aliphatic carbocycles. The normalized spacial score (nSPS) is 23.4. The Kier molecular flexibility index (Phi) is 31.1. The van der Waals surface area contributed by atoms with Crippen LogP contribution in [0.2, 0.25) is 0 Å². The van der Waals surface area contributed by atoms with Crippen LogP contribution in [0.4, 0.5) is 0 Å². The Morgan fingerprint density at radius 2 is 0.963 bits per heavy atom. The molecule has 0 radical (unpaired) electrons. The minimum atomic E-state index is -5.02. The predicted molar refractivity (Wildman–Crippen MR) is 212 cm³/mol. The Morgan fingerprint density at radius 3 is 1.41 bits per heavy atom. The zero-order valence-electron chi connectivity index (χ0n) is 33.8. The lowest BCUT2D eigenvalue weighted by molar-refractivity contribution is -0.220. The average Bonchev–Trinajstić information content (AvgIpc) is 3.15. The van der Waals surface area contributed by atoms with E-state index in [0.717, 1.165) is 38.5 Å². The highest BCUT2D eigenvalue weighted by molar-refractivity contribution is 7.47. The lowest BCUT2D eigenvalue weighted by atomic mass is 9.85. The van der Waals surface area contributed by atoms with Crippen LogP contribution in [0.5, 0.6) is 0 Å². The highest BCUT2D eigenvalue weighted by Crippen LogP contribution is 2.47. The van der Waals surface area contributed by atoms with Crippen molar-refractivity contribution in [1.29, 1.82) is 0 Å². The van der Waals surface area contributed by atoms with E-state index in [1.165, 1.54) is 128 Å². The molecule has 54 heavy (non-hydrogen) atoms. The number of aliphatic hydroxyl groups excluding tert-OH is 5. The molecule has 12 nitrogen and oxygen atoms in total. The second-order valence-corrected chi connectivity index (χ2v) is 16.7. The number of aliphatic hydroxyl groups is 5. The van der Waals surface area contributed by atoms with E-state index in [4.69, 9.17) is 18.5 Å². The van der Waals surface area contributed by atoms with Gasteiger partial charge in [0.15, 0.2) is 6.10 Å². The van der Waals surface area contributed by atoms with Crippen molar-refractivity contribution in [3.63, 3.8) is 0 Å². The van der Waals surface area contributed by atoms with Crippen molar-refractivity contribution in [2.24, 2.45) is 0 Å². The molecule has 6 N–H and O–H groups in total. The first-order valence-corrected chi connectivity index (χ1v) is 23.1. The lowest BCUT2D eigenvalue weighted by Gasteiger charge is -2.41. The van der Waals surface area contributed by atoms with Crippen molar-refractivity contribution < 1.29 is 58.3 Å². The predicted octanol–water partition coefficient (Wildman–Crippen LogP) is 8.32. The summed E-state index contributed by atoms with van der Waals surface area (Å²) >= 11 is 0. The average molecular weight is 795 g/mol. The maximum atomic E-state index is 12.7. The van der Waals surface area contributed by atoms with Gasteiger partial charge in [0.05, 0.1) is 12.9 Å². The smallest absolute Gasteiger partial charge is 0.472 e. The number of ether oxygens (including phenoxy) is 2. The fourth-order valence-electron chi connectivity index (χ4n) is 6.73. The summed E-state index contributed by atoms with van der Waals surface area (Å²) in [6, 6.07) is 0. The minimum absolute atomic E-state index is 0.155. The molecule has 0 aromatic carbocycles. The molecule has 0 saturated heterocycles. The van der Waals surface area contributed by atoms with E-state index < -0.39 is 63.1 Å². The number of hydrogen-bond acceptors (Lipinski definition) is 11. The number of phosphoric acid groups is 1. The monoisotopic (exact) mass is 795 g/mol. The summed E-state index contributed by atoms with van der Waals surface area (Å²) in [5.74, 6) is -0.501. The van der Waals surface area contributed by atoms with Gasteiger partial charge in [-0.3, -0.25) is 13.8 Å². The van der Waals surface area contributed by atoms with Crippen molar-refractivity contribution in [3.05, 3.63) is 12.3 Å². The van der Waals surface area contributed by atoms with E-state index in [2.05, 4.69) is 13.8 Å². The number of carbonyl (C=O) groups is 1. The third kappa shape index (κ3) is 25.2. The summed E-state index contributed by atoms with van der Waals surface area (Å²) in [6.45, 7) is 3.69. The van der Waals surface area contributed by atoms with Crippen LogP contribution in [0.25, 0.3) is 0 Å². The van der Waals surface area contributed by atoms with Crippen LogP contribution in [-0.4, -0.2) is 92.3 Å². The molecule has 0 spiro atoms. The molecule has 0 aromatic heterocycles. The summed E-state index contributed by atoms with van der Waals surface area (Å²) in [6.07, 6.45) is 22.4. The van der Waals surface area contributed by atoms with Gasteiger partial charge in [0.25, 0.3) is 0 Å². The maximum absolute atomic E-state index is 12.7. The van der Waals surface area contributed by atoms with E-state index in [0.29, 0.717) is 6.42 Å². The van der Waals surface area contributed by atoms with Crippen molar-refractivity contribution in [1.82, 2.24) is 0 Å². The molecule has 13 heteroatoms. The minimum Gasteiger partial charge on any atom is -0.498 e. The first kappa shape index (κ1) is 50.9. The molecule has 6 unspecified atom stereocenters. The summed E-state index contributed by atoms with van der Waals surface area (Å²) in [5.41, 5.74) is 0. The molecule has 0 aliphatic heterocycles. The standard InChI is InChI=1S/C41H79O12P/c1-3-5-7-9-11-13-14-15-16-17-18-19-20-21-23-25-27-29-31-50-32-34(52-35(42)30-28-26-24-22-12-10-8-6-4-2)33-51-54(48,49)53-41-39(46)37(44)36(43)38(45)40(41)47/h29,31,34,36-41,43-47H,3-28,30,32-33H2,1-2H3,(H,48,49)/b31-29-/t34-,36?,37-,38?,39?,40?,41?/m1/s1. The van der Waals surface area contributed by atoms with Gasteiger partial charge >= 0.3 is 13.8 Å². The van der Waals surface area contributed by atoms with Crippen LogP contribution in [0.3, 0.4) is 0 Å². The maximum Gasteiger partial charge on any atom is 0.472 e. The van der Waals surface area contributed by atoms with Gasteiger partial charge in [-0.15, -0.1) is 0 Å². The molecule has 1 rings (SSSR count). The van der Waals surface area contributed by atoms with Gasteiger partial charge in [0.1, 0.15) is 43.2 Å². The van der Waals surface area contributed by atoms with Crippen LogP contribution >= 0.6 is 7.82 Å². The Hall–Kier alpha value is -1.08. The summed E-state index contributed by atoms with van der Waals surface area (Å²) in [7, 11) is -5.02. The van der Waals surface area contributed by atoms with Gasteiger partial charge in [-0.2, -0.15) is 0 Å². The second kappa shape index (κ2) is 32.9. The number of hydrogen-bond donors (Lipinski definition) is 6. The number of carbonyl (C=O) groups excluding carboxylic acids is 1. The molecular formula is C41H79O12P. The first-order valence-electron chi connectivity index (χ1n) is 21.6. The number of unbranched alkanes of at least 4 members (excludes halogenated alkanes) is 24. The van der Waals surface area contributed by atoms with Crippen LogP contribution in [-0.2, 0) is 27.9 Å². The number of rotatable bonds is 36. The first-order chi connectivity index (χ1) is 26.0. The largest absolute Gasteiger partial charge is 0.498 e. The quantitative estimate of drug-likeness (QED) is 0.0154. The van der Waals surface area contributed by atoms with E-state index in [-0.39, 0.29) is 13.0 Å². The van der Waals surface area contributed by atoms with E-state index in [1.54, 1.807) is 0 Å². The summed E-state index contributed by atoms with van der Waals surface area (Å²) in [5, 5.41) is 50.0. The molecule has 320 valence electrons. The highest BCUT2D eigenvalue weighted by Gasteiger charge is 2.51. The number of esters is 1. The van der Waals surface area contributed by atoms with Gasteiger partial charge < -0.3 is 39.9 Å². The van der Waals surface area contributed by atoms with Gasteiger partial charge in [-0.25, -0.2) is 4.57 Å². The van der Waals surface area contributed by atoms with E-state index in [1.807, 2.05) is 6.08 Å². The van der Waals surface area contributed by atoms with Gasteiger partial charge in [-0.1, -0.05) is 162 Å². The third-order valence-corrected chi connectivity index (χ3v) is 11.2. The molecule has 0 aromatic rings. The van der Waals surface area contributed by atoms with Crippen LogP contribution in [0.15, 0.2) is 12.3 Å². The zero-order chi connectivity index (χ0) is 39.9. The van der Waals surface area contributed by atoms with Gasteiger partial charge in [0.2, 0.25) is 0 Å². The molecular weight excluding hydrogens is 715 g/mol. The highest BCUT2D eigenvalue weighted by atomic mass is 31.2. The number of allylic oxidation sites excluding steroid dienone is 1. The summed E-state index contributed by atoms with van der Waals surface area (Å²) in [4.78, 5) is 23.0. The van der Waals surface area contributed by atoms with Crippen LogP contribution in [0, 0.1) is 0 Å². The van der Waals surface area contributed by atoms with Crippen molar-refractivity contribution >= 4 is 13.8 Å².